The first-order chi connectivity index (χ1) is 21.9. The molecule has 4 rings (SSSR count). The van der Waals surface area contributed by atoms with E-state index in [1.165, 1.54) is 29.6 Å². The molecule has 0 unspecified atom stereocenters. The molecule has 2 aromatic rings. The standard InChI is InChI=1S/C33H51N5O7S/c1-23-18-38(24(2)21-39)33(41)28-17-27(35-46(42,43)31-20-36(4)22-34-31)14-15-29(28)45-25(3)11-9-10-16-44-30(23)19-37(5)32(40)26-12-7-6-8-13-26/h14-15,17,20,22-26,30,35,39H,6-13,16,18-19,21H2,1-5H3/t23-,24+,25-,30-/m1/s1. The number of anilines is 1. The number of aliphatic hydroxyl groups is 1. The van der Waals surface area contributed by atoms with Crippen molar-refractivity contribution in [3.05, 3.63) is 36.3 Å². The average molecular weight is 662 g/mol. The molecule has 1 aliphatic heterocycles. The van der Waals surface area contributed by atoms with Gasteiger partial charge >= 0.3 is 0 Å². The van der Waals surface area contributed by atoms with Crippen molar-refractivity contribution in [1.82, 2.24) is 19.4 Å². The van der Waals surface area contributed by atoms with Crippen LogP contribution in [0.3, 0.4) is 0 Å². The Morgan fingerprint density at radius 1 is 1.15 bits per heavy atom. The van der Waals surface area contributed by atoms with Crippen molar-refractivity contribution >= 4 is 27.5 Å². The second-order valence-corrected chi connectivity index (χ2v) is 14.7. The van der Waals surface area contributed by atoms with Crippen LogP contribution in [0.1, 0.15) is 82.5 Å². The molecule has 1 saturated carbocycles. The highest BCUT2D eigenvalue weighted by Gasteiger charge is 2.32. The number of carbonyl (C=O) groups excluding carboxylic acids is 2. The first-order valence-corrected chi connectivity index (χ1v) is 18.0. The van der Waals surface area contributed by atoms with E-state index in [0.717, 1.165) is 44.9 Å². The minimum Gasteiger partial charge on any atom is -0.490 e. The fourth-order valence-corrected chi connectivity index (χ4v) is 7.24. The van der Waals surface area contributed by atoms with Gasteiger partial charge in [0.15, 0.2) is 5.03 Å². The van der Waals surface area contributed by atoms with Crippen molar-refractivity contribution < 1.29 is 32.6 Å². The molecule has 1 aromatic carbocycles. The van der Waals surface area contributed by atoms with Crippen molar-refractivity contribution in [2.24, 2.45) is 18.9 Å². The number of ether oxygens (including phenoxy) is 2. The maximum Gasteiger partial charge on any atom is 0.280 e. The number of imidazole rings is 1. The van der Waals surface area contributed by atoms with Crippen LogP contribution in [0.2, 0.25) is 0 Å². The van der Waals surface area contributed by atoms with Gasteiger partial charge < -0.3 is 28.9 Å². The zero-order chi connectivity index (χ0) is 33.4. The summed E-state index contributed by atoms with van der Waals surface area (Å²) in [6, 6.07) is 4.09. The Balaban J connectivity index is 1.63. The minimum absolute atomic E-state index is 0.0438. The first-order valence-electron chi connectivity index (χ1n) is 16.5. The van der Waals surface area contributed by atoms with E-state index in [2.05, 4.69) is 9.71 Å². The Hall–Kier alpha value is -3.16. The van der Waals surface area contributed by atoms with Gasteiger partial charge in [-0.05, 0) is 64.2 Å². The number of rotatable bonds is 8. The quantitative estimate of drug-likeness (QED) is 0.432. The molecule has 13 heteroatoms. The fourth-order valence-electron chi connectivity index (χ4n) is 6.20. The van der Waals surface area contributed by atoms with Gasteiger partial charge in [-0.1, -0.05) is 26.2 Å². The minimum atomic E-state index is -4.01. The highest BCUT2D eigenvalue weighted by Crippen LogP contribution is 2.30. The number of nitrogens with one attached hydrogen (secondary N) is 1. The van der Waals surface area contributed by atoms with Crippen molar-refractivity contribution in [1.29, 1.82) is 0 Å². The van der Waals surface area contributed by atoms with E-state index in [1.807, 2.05) is 20.9 Å². The highest BCUT2D eigenvalue weighted by atomic mass is 32.2. The van der Waals surface area contributed by atoms with Gasteiger partial charge in [0.25, 0.3) is 15.9 Å². The number of benzene rings is 1. The molecule has 2 amide bonds. The molecule has 2 aliphatic rings. The summed E-state index contributed by atoms with van der Waals surface area (Å²) in [5, 5.41) is 10.1. The molecule has 1 fully saturated rings. The summed E-state index contributed by atoms with van der Waals surface area (Å²) in [5.74, 6) is -0.0632. The smallest absolute Gasteiger partial charge is 0.280 e. The number of likely N-dealkylation sites (N-methyl/N-ethyl adjacent to an activating group) is 1. The summed E-state index contributed by atoms with van der Waals surface area (Å²) < 4.78 is 42.8. The lowest BCUT2D eigenvalue weighted by Crippen LogP contribution is -2.48. The molecule has 2 heterocycles. The number of sulfonamides is 1. The lowest BCUT2D eigenvalue weighted by Gasteiger charge is -2.36. The summed E-state index contributed by atoms with van der Waals surface area (Å²) in [7, 11) is -0.500. The summed E-state index contributed by atoms with van der Waals surface area (Å²) in [4.78, 5) is 35.0. The molecule has 0 spiro atoms. The van der Waals surface area contributed by atoms with E-state index in [1.54, 1.807) is 35.9 Å². The maximum atomic E-state index is 14.3. The SMILES string of the molecule is C[C@@H]1CCCCO[C@H](CN(C)C(=O)C2CCCCC2)[C@H](C)CN([C@@H](C)CO)C(=O)c2cc(NS(=O)(=O)c3cn(C)cn3)ccc2O1. The number of hydrogen-bond donors (Lipinski definition) is 2. The second kappa shape index (κ2) is 16.1. The second-order valence-electron chi connectivity index (χ2n) is 13.0. The highest BCUT2D eigenvalue weighted by molar-refractivity contribution is 7.92. The van der Waals surface area contributed by atoms with Gasteiger partial charge in [-0.3, -0.25) is 14.3 Å². The number of aryl methyl sites for hydroxylation is 1. The van der Waals surface area contributed by atoms with Crippen LogP contribution >= 0.6 is 0 Å². The number of aliphatic hydroxyl groups excluding tert-OH is 1. The van der Waals surface area contributed by atoms with Gasteiger partial charge in [0, 0.05) is 57.5 Å². The summed E-state index contributed by atoms with van der Waals surface area (Å²) in [6.45, 7) is 6.59. The molecule has 0 saturated heterocycles. The fraction of sp³-hybridized carbons (Fsp3) is 0.667. The van der Waals surface area contributed by atoms with Crippen molar-refractivity contribution in [3.63, 3.8) is 0 Å². The molecule has 256 valence electrons. The van der Waals surface area contributed by atoms with Gasteiger partial charge in [-0.2, -0.15) is 8.42 Å². The molecule has 1 aromatic heterocycles. The third-order valence-electron chi connectivity index (χ3n) is 9.04. The molecule has 1 aliphatic carbocycles. The molecule has 0 radical (unpaired) electrons. The number of fused-ring (bicyclic) bond motifs is 1. The lowest BCUT2D eigenvalue weighted by atomic mass is 9.88. The molecular weight excluding hydrogens is 610 g/mol. The Morgan fingerprint density at radius 3 is 2.54 bits per heavy atom. The summed E-state index contributed by atoms with van der Waals surface area (Å²) >= 11 is 0. The Labute approximate surface area is 273 Å². The van der Waals surface area contributed by atoms with Crippen LogP contribution in [0.4, 0.5) is 5.69 Å². The topological polar surface area (TPSA) is 143 Å². The zero-order valence-electron chi connectivity index (χ0n) is 27.9. The number of amides is 2. The van der Waals surface area contributed by atoms with Crippen LogP contribution in [0.25, 0.3) is 0 Å². The molecule has 4 atom stereocenters. The summed E-state index contributed by atoms with van der Waals surface area (Å²) in [5.41, 5.74) is 0.364. The van der Waals surface area contributed by atoms with Gasteiger partial charge in [0.2, 0.25) is 5.91 Å². The average Bonchev–Trinajstić information content (AvgIpc) is 3.49. The lowest BCUT2D eigenvalue weighted by molar-refractivity contribution is -0.137. The normalized spacial score (nSPS) is 23.1. The van der Waals surface area contributed by atoms with E-state index in [9.17, 15) is 23.1 Å². The van der Waals surface area contributed by atoms with E-state index in [-0.39, 0.29) is 59.4 Å². The van der Waals surface area contributed by atoms with E-state index < -0.39 is 22.0 Å². The maximum absolute atomic E-state index is 14.3. The number of aromatic nitrogens is 2. The van der Waals surface area contributed by atoms with Crippen LogP contribution in [0, 0.1) is 11.8 Å². The molecule has 12 nitrogen and oxygen atoms in total. The summed E-state index contributed by atoms with van der Waals surface area (Å²) in [6.07, 6.45) is 9.78. The van der Waals surface area contributed by atoms with Gasteiger partial charge in [-0.25, -0.2) is 4.98 Å². The van der Waals surface area contributed by atoms with Crippen LogP contribution in [-0.2, 0) is 26.6 Å². The molecular formula is C33H51N5O7S. The van der Waals surface area contributed by atoms with E-state index >= 15 is 0 Å². The Kier molecular flexibility index (Phi) is 12.5. The van der Waals surface area contributed by atoms with Crippen LogP contribution in [0.15, 0.2) is 35.7 Å². The Bertz CT molecular complexity index is 1430. The third kappa shape index (κ3) is 9.22. The predicted octanol–water partition coefficient (Wildman–Crippen LogP) is 4.06. The number of hydrogen-bond acceptors (Lipinski definition) is 8. The molecule has 2 N–H and O–H groups in total. The first kappa shape index (κ1) is 35.7. The zero-order valence-corrected chi connectivity index (χ0v) is 28.7. The third-order valence-corrected chi connectivity index (χ3v) is 10.3. The largest absolute Gasteiger partial charge is 0.490 e. The Morgan fingerprint density at radius 2 is 1.87 bits per heavy atom. The predicted molar refractivity (Wildman–Crippen MR) is 175 cm³/mol. The van der Waals surface area contributed by atoms with Crippen LogP contribution in [-0.4, -0.2) is 96.3 Å². The van der Waals surface area contributed by atoms with Gasteiger partial charge in [-0.15, -0.1) is 0 Å². The van der Waals surface area contributed by atoms with Gasteiger partial charge in [0.05, 0.1) is 36.7 Å². The van der Waals surface area contributed by atoms with Crippen LogP contribution < -0.4 is 9.46 Å². The van der Waals surface area contributed by atoms with E-state index in [0.29, 0.717) is 18.9 Å². The number of carbonyl (C=O) groups is 2. The van der Waals surface area contributed by atoms with Crippen molar-refractivity contribution in [2.45, 2.75) is 95.4 Å². The van der Waals surface area contributed by atoms with E-state index in [4.69, 9.17) is 9.47 Å². The van der Waals surface area contributed by atoms with Crippen molar-refractivity contribution in [3.8, 4) is 5.75 Å². The molecule has 0 bridgehead atoms. The van der Waals surface area contributed by atoms with Crippen molar-refractivity contribution in [2.75, 3.05) is 38.1 Å². The number of nitrogens with zero attached hydrogens (tertiary/aromatic N) is 4. The van der Waals surface area contributed by atoms with Crippen LogP contribution in [0.5, 0.6) is 5.75 Å². The molecule has 46 heavy (non-hydrogen) atoms. The monoisotopic (exact) mass is 661 g/mol. The van der Waals surface area contributed by atoms with Gasteiger partial charge in [0.1, 0.15) is 5.75 Å².